The minimum absolute atomic E-state index is 0.905. The molecule has 0 amide bonds. The zero-order valence-electron chi connectivity index (χ0n) is 10.9. The lowest BCUT2D eigenvalue weighted by atomic mass is 9.88. The van der Waals surface area contributed by atoms with Crippen LogP contribution in [0.2, 0.25) is 0 Å². The van der Waals surface area contributed by atoms with E-state index in [2.05, 4.69) is 17.3 Å². The number of hydrogen-bond donors (Lipinski definition) is 1. The van der Waals surface area contributed by atoms with Gasteiger partial charge >= 0.3 is 0 Å². The zero-order chi connectivity index (χ0) is 11.2. The van der Waals surface area contributed by atoms with Crippen LogP contribution in [0.15, 0.2) is 0 Å². The summed E-state index contributed by atoms with van der Waals surface area (Å²) in [4.78, 5) is 2.74. The molecule has 1 saturated heterocycles. The summed E-state index contributed by atoms with van der Waals surface area (Å²) >= 11 is 0. The van der Waals surface area contributed by atoms with Crippen molar-refractivity contribution in [2.75, 3.05) is 33.2 Å². The van der Waals surface area contributed by atoms with E-state index in [1.807, 2.05) is 0 Å². The third-order valence-corrected chi connectivity index (χ3v) is 4.34. The van der Waals surface area contributed by atoms with Crippen molar-refractivity contribution in [2.24, 2.45) is 11.8 Å². The van der Waals surface area contributed by atoms with Gasteiger partial charge in [-0.3, -0.25) is 0 Å². The van der Waals surface area contributed by atoms with Gasteiger partial charge in [-0.1, -0.05) is 19.3 Å². The molecule has 2 nitrogen and oxygen atoms in total. The first-order valence-corrected chi connectivity index (χ1v) is 7.25. The summed E-state index contributed by atoms with van der Waals surface area (Å²) in [6, 6.07) is 0. The number of nitrogens with zero attached hydrogens (tertiary/aromatic N) is 1. The molecule has 1 aliphatic carbocycles. The quantitative estimate of drug-likeness (QED) is 0.789. The molecule has 94 valence electrons. The van der Waals surface area contributed by atoms with Crippen LogP contribution >= 0.6 is 0 Å². The number of likely N-dealkylation sites (tertiary alicyclic amines) is 1. The van der Waals surface area contributed by atoms with Crippen LogP contribution in [-0.4, -0.2) is 38.1 Å². The summed E-state index contributed by atoms with van der Waals surface area (Å²) in [7, 11) is 2.08. The third-order valence-electron chi connectivity index (χ3n) is 4.34. The first-order chi connectivity index (χ1) is 7.88. The number of rotatable bonds is 4. The Hall–Kier alpha value is -0.0800. The van der Waals surface area contributed by atoms with Gasteiger partial charge in [-0.15, -0.1) is 0 Å². The standard InChI is InChI=1S/C14H28N2/c1-15-10-14-8-5-9-16(12-14)11-13-6-3-2-4-7-13/h13-15H,2-12H2,1H3. The molecule has 0 bridgehead atoms. The van der Waals surface area contributed by atoms with Crippen LogP contribution < -0.4 is 5.32 Å². The molecule has 16 heavy (non-hydrogen) atoms. The molecule has 0 aromatic rings. The monoisotopic (exact) mass is 224 g/mol. The normalized spacial score (nSPS) is 29.4. The Labute approximate surface area is 101 Å². The van der Waals surface area contributed by atoms with Gasteiger partial charge in [-0.05, 0) is 57.7 Å². The fourth-order valence-corrected chi connectivity index (χ4v) is 3.51. The van der Waals surface area contributed by atoms with Crippen molar-refractivity contribution in [3.63, 3.8) is 0 Å². The maximum atomic E-state index is 3.33. The minimum atomic E-state index is 0.905. The van der Waals surface area contributed by atoms with Crippen molar-refractivity contribution >= 4 is 0 Å². The van der Waals surface area contributed by atoms with E-state index in [1.165, 1.54) is 71.1 Å². The first kappa shape index (κ1) is 12.4. The first-order valence-electron chi connectivity index (χ1n) is 7.25. The van der Waals surface area contributed by atoms with Crippen LogP contribution in [0.1, 0.15) is 44.9 Å². The average molecular weight is 224 g/mol. The molecule has 2 heteroatoms. The lowest BCUT2D eigenvalue weighted by molar-refractivity contribution is 0.137. The summed E-state index contributed by atoms with van der Waals surface area (Å²) in [5, 5.41) is 3.33. The summed E-state index contributed by atoms with van der Waals surface area (Å²) in [6.07, 6.45) is 10.3. The molecular weight excluding hydrogens is 196 g/mol. The van der Waals surface area contributed by atoms with Crippen LogP contribution in [0.3, 0.4) is 0 Å². The van der Waals surface area contributed by atoms with Crippen LogP contribution in [0.5, 0.6) is 0 Å². The van der Waals surface area contributed by atoms with Crippen molar-refractivity contribution in [3.8, 4) is 0 Å². The molecule has 1 N–H and O–H groups in total. The molecule has 0 aromatic carbocycles. The highest BCUT2D eigenvalue weighted by atomic mass is 15.1. The van der Waals surface area contributed by atoms with Crippen LogP contribution in [0, 0.1) is 11.8 Å². The summed E-state index contributed by atoms with van der Waals surface area (Å²) in [5.41, 5.74) is 0. The van der Waals surface area contributed by atoms with Gasteiger partial charge in [-0.2, -0.15) is 0 Å². The van der Waals surface area contributed by atoms with Gasteiger partial charge in [0.05, 0.1) is 0 Å². The largest absolute Gasteiger partial charge is 0.319 e. The number of piperidine rings is 1. The van der Waals surface area contributed by atoms with Crippen molar-refractivity contribution in [1.82, 2.24) is 10.2 Å². The molecule has 1 aliphatic heterocycles. The van der Waals surface area contributed by atoms with E-state index in [0.29, 0.717) is 0 Å². The fraction of sp³-hybridized carbons (Fsp3) is 1.00. The molecule has 2 aliphatic rings. The molecule has 0 aromatic heterocycles. The molecule has 1 atom stereocenters. The topological polar surface area (TPSA) is 15.3 Å². The predicted molar refractivity (Wildman–Crippen MR) is 69.7 cm³/mol. The third kappa shape index (κ3) is 3.74. The Balaban J connectivity index is 1.71. The number of nitrogens with one attached hydrogen (secondary N) is 1. The van der Waals surface area contributed by atoms with E-state index < -0.39 is 0 Å². The van der Waals surface area contributed by atoms with Crippen molar-refractivity contribution in [1.29, 1.82) is 0 Å². The second-order valence-electron chi connectivity index (χ2n) is 5.83. The van der Waals surface area contributed by atoms with Crippen molar-refractivity contribution in [2.45, 2.75) is 44.9 Å². The molecule has 2 rings (SSSR count). The van der Waals surface area contributed by atoms with E-state index >= 15 is 0 Å². The van der Waals surface area contributed by atoms with E-state index in [4.69, 9.17) is 0 Å². The lowest BCUT2D eigenvalue weighted by Crippen LogP contribution is -2.41. The Kier molecular flexibility index (Phi) is 5.11. The van der Waals surface area contributed by atoms with E-state index in [1.54, 1.807) is 0 Å². The van der Waals surface area contributed by atoms with Gasteiger partial charge in [-0.25, -0.2) is 0 Å². The SMILES string of the molecule is CNCC1CCCN(CC2CCCCC2)C1. The van der Waals surface area contributed by atoms with E-state index in [-0.39, 0.29) is 0 Å². The molecule has 0 radical (unpaired) electrons. The van der Waals surface area contributed by atoms with Gasteiger partial charge in [0.1, 0.15) is 0 Å². The van der Waals surface area contributed by atoms with Gasteiger partial charge in [0.25, 0.3) is 0 Å². The van der Waals surface area contributed by atoms with Crippen LogP contribution in [0.4, 0.5) is 0 Å². The van der Waals surface area contributed by atoms with Gasteiger partial charge < -0.3 is 10.2 Å². The second kappa shape index (κ2) is 6.61. The fourth-order valence-electron chi connectivity index (χ4n) is 3.51. The van der Waals surface area contributed by atoms with Gasteiger partial charge in [0, 0.05) is 13.1 Å². The zero-order valence-corrected chi connectivity index (χ0v) is 10.9. The molecule has 0 spiro atoms. The van der Waals surface area contributed by atoms with E-state index in [9.17, 15) is 0 Å². The molecule has 2 fully saturated rings. The predicted octanol–water partition coefficient (Wildman–Crippen LogP) is 2.50. The second-order valence-corrected chi connectivity index (χ2v) is 5.83. The van der Waals surface area contributed by atoms with Crippen LogP contribution in [0.25, 0.3) is 0 Å². The number of hydrogen-bond acceptors (Lipinski definition) is 2. The molecule has 1 saturated carbocycles. The minimum Gasteiger partial charge on any atom is -0.319 e. The summed E-state index contributed by atoms with van der Waals surface area (Å²) in [5.74, 6) is 1.92. The Morgan fingerprint density at radius 1 is 1.00 bits per heavy atom. The highest BCUT2D eigenvalue weighted by Gasteiger charge is 2.22. The Morgan fingerprint density at radius 2 is 1.75 bits per heavy atom. The smallest absolute Gasteiger partial charge is 0.00219 e. The van der Waals surface area contributed by atoms with Crippen molar-refractivity contribution in [3.05, 3.63) is 0 Å². The summed E-state index contributed by atoms with van der Waals surface area (Å²) < 4.78 is 0. The molecule has 1 heterocycles. The Bertz CT molecular complexity index is 185. The van der Waals surface area contributed by atoms with Crippen molar-refractivity contribution < 1.29 is 0 Å². The molecular formula is C14H28N2. The maximum absolute atomic E-state index is 3.33. The lowest BCUT2D eigenvalue weighted by Gasteiger charge is -2.36. The Morgan fingerprint density at radius 3 is 2.50 bits per heavy atom. The molecule has 1 unspecified atom stereocenters. The summed E-state index contributed by atoms with van der Waals surface area (Å²) in [6.45, 7) is 5.30. The highest BCUT2D eigenvalue weighted by Crippen LogP contribution is 2.26. The highest BCUT2D eigenvalue weighted by molar-refractivity contribution is 4.77. The van der Waals surface area contributed by atoms with Gasteiger partial charge in [0.2, 0.25) is 0 Å². The maximum Gasteiger partial charge on any atom is 0.00219 e. The average Bonchev–Trinajstić information content (AvgIpc) is 2.31. The van der Waals surface area contributed by atoms with E-state index in [0.717, 1.165) is 11.8 Å². The van der Waals surface area contributed by atoms with Gasteiger partial charge in [0.15, 0.2) is 0 Å². The van der Waals surface area contributed by atoms with Crippen LogP contribution in [-0.2, 0) is 0 Å².